The third-order valence-corrected chi connectivity index (χ3v) is 3.82. The zero-order chi connectivity index (χ0) is 15.5. The van der Waals surface area contributed by atoms with Gasteiger partial charge in [0.05, 0.1) is 5.52 Å². The lowest BCUT2D eigenvalue weighted by Crippen LogP contribution is -2.48. The van der Waals surface area contributed by atoms with Crippen molar-refractivity contribution in [2.24, 2.45) is 0 Å². The highest BCUT2D eigenvalue weighted by Crippen LogP contribution is 2.20. The van der Waals surface area contributed by atoms with E-state index in [1.165, 1.54) is 0 Å². The predicted octanol–water partition coefficient (Wildman–Crippen LogP) is 3.28. The van der Waals surface area contributed by atoms with E-state index in [-0.39, 0.29) is 0 Å². The summed E-state index contributed by atoms with van der Waals surface area (Å²) in [4.78, 5) is 16.0. The summed E-state index contributed by atoms with van der Waals surface area (Å²) in [5.74, 6) is -0.806. The number of rotatable bonds is 6. The monoisotopic (exact) mass is 286 g/mol. The molecule has 2 N–H and O–H groups in total. The van der Waals surface area contributed by atoms with E-state index >= 15 is 0 Å². The second-order valence-corrected chi connectivity index (χ2v) is 5.68. The van der Waals surface area contributed by atoms with Crippen LogP contribution in [0.5, 0.6) is 0 Å². The summed E-state index contributed by atoms with van der Waals surface area (Å²) in [5, 5.41) is 13.7. The number of benzene rings is 1. The Labute approximate surface area is 125 Å². The number of aliphatic carboxylic acids is 1. The van der Waals surface area contributed by atoms with Crippen LogP contribution >= 0.6 is 0 Å². The van der Waals surface area contributed by atoms with Crippen LogP contribution < -0.4 is 5.32 Å². The van der Waals surface area contributed by atoms with Gasteiger partial charge in [-0.25, -0.2) is 0 Å². The Hall–Kier alpha value is -1.94. The van der Waals surface area contributed by atoms with Crippen LogP contribution in [0.15, 0.2) is 30.3 Å². The van der Waals surface area contributed by atoms with Crippen molar-refractivity contribution in [1.29, 1.82) is 0 Å². The molecule has 0 amide bonds. The first kappa shape index (κ1) is 15.4. The average Bonchev–Trinajstić information content (AvgIpc) is 2.44. The van der Waals surface area contributed by atoms with E-state index in [1.54, 1.807) is 6.92 Å². The molecule has 4 nitrogen and oxygen atoms in total. The highest BCUT2D eigenvalue weighted by molar-refractivity contribution is 5.82. The van der Waals surface area contributed by atoms with Crippen molar-refractivity contribution < 1.29 is 9.90 Å². The fourth-order valence-corrected chi connectivity index (χ4v) is 2.60. The molecule has 1 heterocycles. The first-order valence-electron chi connectivity index (χ1n) is 7.30. The molecule has 112 valence electrons. The summed E-state index contributed by atoms with van der Waals surface area (Å²) in [6.45, 7) is 6.22. The van der Waals surface area contributed by atoms with Crippen molar-refractivity contribution in [3.63, 3.8) is 0 Å². The molecule has 0 aliphatic rings. The van der Waals surface area contributed by atoms with Gasteiger partial charge in [0.1, 0.15) is 5.54 Å². The Morgan fingerprint density at radius 2 is 2.10 bits per heavy atom. The van der Waals surface area contributed by atoms with Gasteiger partial charge in [-0.15, -0.1) is 0 Å². The van der Waals surface area contributed by atoms with Crippen LogP contribution in [0.4, 0.5) is 0 Å². The number of carboxylic acid groups (broad SMARTS) is 1. The molecule has 2 rings (SSSR count). The number of aromatic nitrogens is 1. The molecular weight excluding hydrogens is 264 g/mol. The van der Waals surface area contributed by atoms with Gasteiger partial charge in [-0.05, 0) is 38.0 Å². The predicted molar refractivity (Wildman–Crippen MR) is 84.3 cm³/mol. The zero-order valence-electron chi connectivity index (χ0n) is 12.8. The molecule has 0 aliphatic heterocycles. The Kier molecular flexibility index (Phi) is 4.58. The Balaban J connectivity index is 2.29. The molecular formula is C17H22N2O2. The average molecular weight is 286 g/mol. The standard InChI is InChI=1S/C17H22N2O2/c1-4-9-17(3,16(20)21)18-11-13-10-12(2)19-15-8-6-5-7-14(13)15/h5-8,10,18H,4,9,11H2,1-3H3,(H,20,21). The molecule has 0 aliphatic carbocycles. The van der Waals surface area contributed by atoms with Gasteiger partial charge < -0.3 is 5.11 Å². The number of para-hydroxylation sites is 1. The molecule has 1 unspecified atom stereocenters. The smallest absolute Gasteiger partial charge is 0.323 e. The van der Waals surface area contributed by atoms with E-state index in [2.05, 4.69) is 10.3 Å². The van der Waals surface area contributed by atoms with E-state index < -0.39 is 11.5 Å². The zero-order valence-corrected chi connectivity index (χ0v) is 12.8. The first-order valence-corrected chi connectivity index (χ1v) is 7.30. The number of nitrogens with one attached hydrogen (secondary N) is 1. The van der Waals surface area contributed by atoms with Crippen molar-refractivity contribution >= 4 is 16.9 Å². The number of carbonyl (C=O) groups is 1. The van der Waals surface area contributed by atoms with Gasteiger partial charge in [0, 0.05) is 17.6 Å². The second-order valence-electron chi connectivity index (χ2n) is 5.68. The molecule has 1 aromatic heterocycles. The summed E-state index contributed by atoms with van der Waals surface area (Å²) in [6.07, 6.45) is 1.43. The summed E-state index contributed by atoms with van der Waals surface area (Å²) in [5.41, 5.74) is 2.08. The van der Waals surface area contributed by atoms with E-state index in [9.17, 15) is 9.90 Å². The minimum Gasteiger partial charge on any atom is -0.480 e. The Morgan fingerprint density at radius 1 is 1.38 bits per heavy atom. The van der Waals surface area contributed by atoms with Crippen LogP contribution in [0.25, 0.3) is 10.9 Å². The highest BCUT2D eigenvalue weighted by Gasteiger charge is 2.31. The lowest BCUT2D eigenvalue weighted by atomic mass is 9.95. The summed E-state index contributed by atoms with van der Waals surface area (Å²) >= 11 is 0. The van der Waals surface area contributed by atoms with Crippen LogP contribution in [0, 0.1) is 6.92 Å². The summed E-state index contributed by atoms with van der Waals surface area (Å²) in [7, 11) is 0. The van der Waals surface area contributed by atoms with Crippen LogP contribution in [-0.4, -0.2) is 21.6 Å². The van der Waals surface area contributed by atoms with Gasteiger partial charge in [0.15, 0.2) is 0 Å². The molecule has 21 heavy (non-hydrogen) atoms. The summed E-state index contributed by atoms with van der Waals surface area (Å²) in [6, 6.07) is 9.96. The Morgan fingerprint density at radius 3 is 2.76 bits per heavy atom. The molecule has 0 spiro atoms. The van der Waals surface area contributed by atoms with Crippen LogP contribution in [0.2, 0.25) is 0 Å². The molecule has 4 heteroatoms. The summed E-state index contributed by atoms with van der Waals surface area (Å²) < 4.78 is 0. The van der Waals surface area contributed by atoms with Gasteiger partial charge in [-0.1, -0.05) is 31.5 Å². The van der Waals surface area contributed by atoms with Crippen LogP contribution in [-0.2, 0) is 11.3 Å². The van der Waals surface area contributed by atoms with Gasteiger partial charge in [-0.3, -0.25) is 15.1 Å². The number of hydrogen-bond donors (Lipinski definition) is 2. The normalized spacial score (nSPS) is 14.0. The Bertz CT molecular complexity index is 654. The number of aryl methyl sites for hydroxylation is 1. The molecule has 1 atom stereocenters. The lowest BCUT2D eigenvalue weighted by molar-refractivity contribution is -0.144. The molecule has 0 radical (unpaired) electrons. The maximum Gasteiger partial charge on any atom is 0.323 e. The number of nitrogens with zero attached hydrogens (tertiary/aromatic N) is 1. The molecule has 0 saturated carbocycles. The number of carboxylic acids is 1. The van der Waals surface area contributed by atoms with Gasteiger partial charge in [0.2, 0.25) is 0 Å². The topological polar surface area (TPSA) is 62.2 Å². The van der Waals surface area contributed by atoms with E-state index in [4.69, 9.17) is 0 Å². The minimum atomic E-state index is -0.896. The molecule has 0 fully saturated rings. The van der Waals surface area contributed by atoms with Gasteiger partial charge >= 0.3 is 5.97 Å². The fraction of sp³-hybridized carbons (Fsp3) is 0.412. The van der Waals surface area contributed by atoms with Crippen LogP contribution in [0.1, 0.15) is 37.9 Å². The van der Waals surface area contributed by atoms with E-state index in [0.717, 1.165) is 28.6 Å². The third-order valence-electron chi connectivity index (χ3n) is 3.82. The molecule has 0 bridgehead atoms. The molecule has 2 aromatic rings. The van der Waals surface area contributed by atoms with Crippen molar-refractivity contribution in [3.8, 4) is 0 Å². The SMILES string of the molecule is CCCC(C)(NCc1cc(C)nc2ccccc12)C(=O)O. The van der Waals surface area contributed by atoms with Crippen molar-refractivity contribution in [1.82, 2.24) is 10.3 Å². The van der Waals surface area contributed by atoms with Crippen LogP contribution in [0.3, 0.4) is 0 Å². The largest absolute Gasteiger partial charge is 0.480 e. The van der Waals surface area contributed by atoms with Crippen molar-refractivity contribution in [3.05, 3.63) is 41.6 Å². The lowest BCUT2D eigenvalue weighted by Gasteiger charge is -2.26. The third kappa shape index (κ3) is 3.39. The van der Waals surface area contributed by atoms with E-state index in [0.29, 0.717) is 13.0 Å². The quantitative estimate of drug-likeness (QED) is 0.855. The molecule has 0 saturated heterocycles. The van der Waals surface area contributed by atoms with Crippen molar-refractivity contribution in [2.75, 3.05) is 0 Å². The maximum absolute atomic E-state index is 11.5. The number of hydrogen-bond acceptors (Lipinski definition) is 3. The second kappa shape index (κ2) is 6.22. The highest BCUT2D eigenvalue weighted by atomic mass is 16.4. The number of pyridine rings is 1. The molecule has 1 aromatic carbocycles. The minimum absolute atomic E-state index is 0.521. The first-order chi connectivity index (χ1) is 9.96. The van der Waals surface area contributed by atoms with Crippen molar-refractivity contribution in [2.45, 2.75) is 45.7 Å². The van der Waals surface area contributed by atoms with E-state index in [1.807, 2.05) is 44.2 Å². The van der Waals surface area contributed by atoms with Gasteiger partial charge in [0.25, 0.3) is 0 Å². The van der Waals surface area contributed by atoms with Gasteiger partial charge in [-0.2, -0.15) is 0 Å². The number of fused-ring (bicyclic) bond motifs is 1. The maximum atomic E-state index is 11.5. The fourth-order valence-electron chi connectivity index (χ4n) is 2.60.